The maximum absolute atomic E-state index is 11.9. The van der Waals surface area contributed by atoms with E-state index in [1.165, 1.54) is 4.90 Å². The van der Waals surface area contributed by atoms with Crippen molar-refractivity contribution < 1.29 is 4.79 Å². The fraction of sp³-hybridized carbons (Fsp3) is 0.455. The minimum Gasteiger partial charge on any atom is -0.395 e. The Morgan fingerprint density at radius 2 is 2.31 bits per heavy atom. The second-order valence-corrected chi connectivity index (χ2v) is 3.92. The lowest BCUT2D eigenvalue weighted by molar-refractivity contribution is 0.0808. The molecule has 0 saturated carbocycles. The third-order valence-corrected chi connectivity index (χ3v) is 2.29. The lowest BCUT2D eigenvalue weighted by Gasteiger charge is -2.12. The maximum Gasteiger partial charge on any atom is 0.277 e. The van der Waals surface area contributed by atoms with E-state index in [0.29, 0.717) is 5.69 Å². The summed E-state index contributed by atoms with van der Waals surface area (Å²) in [6.45, 7) is 4.19. The maximum atomic E-state index is 11.9. The molecule has 1 amide bonds. The summed E-state index contributed by atoms with van der Waals surface area (Å²) in [5.74, 6) is 2.33. The van der Waals surface area contributed by atoms with Crippen LogP contribution in [0.1, 0.15) is 35.9 Å². The van der Waals surface area contributed by atoms with Crippen molar-refractivity contribution in [1.82, 2.24) is 15.1 Å². The van der Waals surface area contributed by atoms with Gasteiger partial charge < -0.3 is 10.6 Å². The first-order chi connectivity index (χ1) is 7.49. The highest BCUT2D eigenvalue weighted by atomic mass is 16.2. The van der Waals surface area contributed by atoms with E-state index in [0.717, 1.165) is 5.69 Å². The minimum absolute atomic E-state index is 0.201. The number of anilines is 1. The molecule has 0 aliphatic carbocycles. The van der Waals surface area contributed by atoms with E-state index in [2.05, 4.69) is 16.1 Å². The zero-order chi connectivity index (χ0) is 12.3. The number of hydrogen-bond acceptors (Lipinski definition) is 3. The van der Waals surface area contributed by atoms with E-state index in [-0.39, 0.29) is 24.1 Å². The molecule has 0 spiro atoms. The van der Waals surface area contributed by atoms with Crippen LogP contribution in [0.3, 0.4) is 0 Å². The van der Waals surface area contributed by atoms with E-state index in [1.807, 2.05) is 13.8 Å². The Morgan fingerprint density at radius 1 is 1.69 bits per heavy atom. The Morgan fingerprint density at radius 3 is 2.75 bits per heavy atom. The number of nitrogens with two attached hydrogens (primary N) is 1. The number of hydrogen-bond donors (Lipinski definition) is 2. The van der Waals surface area contributed by atoms with Crippen LogP contribution in [0.4, 0.5) is 5.69 Å². The molecule has 0 saturated heterocycles. The van der Waals surface area contributed by atoms with Crippen LogP contribution in [0.5, 0.6) is 0 Å². The summed E-state index contributed by atoms with van der Waals surface area (Å²) < 4.78 is 0. The molecule has 0 aromatic carbocycles. The highest BCUT2D eigenvalue weighted by molar-refractivity contribution is 5.97. The number of aromatic amines is 1. The highest BCUT2D eigenvalue weighted by Crippen LogP contribution is 2.22. The lowest BCUT2D eigenvalue weighted by Crippen LogP contribution is -2.28. The van der Waals surface area contributed by atoms with Crippen LogP contribution in [0.25, 0.3) is 0 Å². The summed E-state index contributed by atoms with van der Waals surface area (Å²) in [6.07, 6.45) is 5.13. The van der Waals surface area contributed by atoms with Crippen molar-refractivity contribution in [2.24, 2.45) is 0 Å². The van der Waals surface area contributed by atoms with Crippen molar-refractivity contribution in [3.63, 3.8) is 0 Å². The Kier molecular flexibility index (Phi) is 3.56. The van der Waals surface area contributed by atoms with Gasteiger partial charge in [-0.15, -0.1) is 6.42 Å². The molecule has 0 atom stereocenters. The molecular weight excluding hydrogens is 204 g/mol. The molecule has 1 rings (SSSR count). The molecule has 16 heavy (non-hydrogen) atoms. The summed E-state index contributed by atoms with van der Waals surface area (Å²) in [5, 5.41) is 6.71. The second-order valence-electron chi connectivity index (χ2n) is 3.92. The standard InChI is InChI=1S/C11H16N4O/c1-5-6-15(4)11(16)10-8(12)9(7(2)3)13-14-10/h1,7H,6,12H2,2-4H3,(H,13,14). The number of nitrogens with one attached hydrogen (secondary N) is 1. The largest absolute Gasteiger partial charge is 0.395 e. The molecule has 0 radical (unpaired) electrons. The molecule has 0 unspecified atom stereocenters. The molecule has 1 heterocycles. The van der Waals surface area contributed by atoms with Crippen molar-refractivity contribution in [3.8, 4) is 12.3 Å². The van der Waals surface area contributed by atoms with Crippen molar-refractivity contribution in [1.29, 1.82) is 0 Å². The number of terminal acetylenes is 1. The van der Waals surface area contributed by atoms with E-state index >= 15 is 0 Å². The predicted octanol–water partition coefficient (Wildman–Crippen LogP) is 0.821. The number of rotatable bonds is 3. The van der Waals surface area contributed by atoms with E-state index in [4.69, 9.17) is 12.2 Å². The molecule has 0 bridgehead atoms. The van der Waals surface area contributed by atoms with Gasteiger partial charge >= 0.3 is 0 Å². The molecule has 86 valence electrons. The summed E-state index contributed by atoms with van der Waals surface area (Å²) >= 11 is 0. The topological polar surface area (TPSA) is 75.0 Å². The fourth-order valence-corrected chi connectivity index (χ4v) is 1.36. The van der Waals surface area contributed by atoms with Gasteiger partial charge in [-0.1, -0.05) is 19.8 Å². The summed E-state index contributed by atoms with van der Waals surface area (Å²) in [6, 6.07) is 0. The highest BCUT2D eigenvalue weighted by Gasteiger charge is 2.21. The molecule has 3 N–H and O–H groups in total. The van der Waals surface area contributed by atoms with Gasteiger partial charge in [-0.05, 0) is 5.92 Å². The van der Waals surface area contributed by atoms with Crippen LogP contribution < -0.4 is 5.73 Å². The number of nitrogen functional groups attached to an aromatic ring is 1. The van der Waals surface area contributed by atoms with Crippen LogP contribution in [0, 0.1) is 12.3 Å². The molecule has 5 nitrogen and oxygen atoms in total. The third-order valence-electron chi connectivity index (χ3n) is 2.29. The van der Waals surface area contributed by atoms with E-state index in [1.54, 1.807) is 7.05 Å². The van der Waals surface area contributed by atoms with Crippen LogP contribution in [-0.2, 0) is 0 Å². The van der Waals surface area contributed by atoms with Crippen molar-refractivity contribution in [2.75, 3.05) is 19.3 Å². The number of H-pyrrole nitrogens is 1. The normalized spacial score (nSPS) is 10.2. The van der Waals surface area contributed by atoms with Crippen molar-refractivity contribution >= 4 is 11.6 Å². The number of nitrogens with zero attached hydrogens (tertiary/aromatic N) is 2. The third kappa shape index (κ3) is 2.16. The first-order valence-corrected chi connectivity index (χ1v) is 5.01. The lowest BCUT2D eigenvalue weighted by atomic mass is 10.1. The van der Waals surface area contributed by atoms with Gasteiger partial charge in [0.15, 0.2) is 5.69 Å². The number of carbonyl (C=O) groups excluding carboxylic acids is 1. The van der Waals surface area contributed by atoms with Gasteiger partial charge in [0, 0.05) is 7.05 Å². The van der Waals surface area contributed by atoms with E-state index in [9.17, 15) is 4.79 Å². The fourth-order valence-electron chi connectivity index (χ4n) is 1.36. The first kappa shape index (κ1) is 12.1. The Hall–Kier alpha value is -1.96. The van der Waals surface area contributed by atoms with Crippen LogP contribution >= 0.6 is 0 Å². The van der Waals surface area contributed by atoms with Crippen LogP contribution in [0.2, 0.25) is 0 Å². The van der Waals surface area contributed by atoms with Gasteiger partial charge in [-0.25, -0.2) is 0 Å². The van der Waals surface area contributed by atoms with Crippen LogP contribution in [-0.4, -0.2) is 34.6 Å². The minimum atomic E-state index is -0.265. The molecule has 0 aliphatic heterocycles. The van der Waals surface area contributed by atoms with Gasteiger partial charge in [0.25, 0.3) is 5.91 Å². The first-order valence-electron chi connectivity index (χ1n) is 5.01. The van der Waals surface area contributed by atoms with Crippen molar-refractivity contribution in [3.05, 3.63) is 11.4 Å². The monoisotopic (exact) mass is 220 g/mol. The molecule has 1 aromatic rings. The Balaban J connectivity index is 2.98. The molecule has 0 aliphatic rings. The smallest absolute Gasteiger partial charge is 0.277 e. The van der Waals surface area contributed by atoms with E-state index < -0.39 is 0 Å². The summed E-state index contributed by atoms with van der Waals surface area (Å²) in [5.41, 5.74) is 7.27. The van der Waals surface area contributed by atoms with Gasteiger partial charge in [-0.2, -0.15) is 5.10 Å². The van der Waals surface area contributed by atoms with Gasteiger partial charge in [0.05, 0.1) is 17.9 Å². The van der Waals surface area contributed by atoms with Gasteiger partial charge in [0.2, 0.25) is 0 Å². The van der Waals surface area contributed by atoms with Crippen molar-refractivity contribution in [2.45, 2.75) is 19.8 Å². The molecule has 0 fully saturated rings. The van der Waals surface area contributed by atoms with Crippen LogP contribution in [0.15, 0.2) is 0 Å². The zero-order valence-electron chi connectivity index (χ0n) is 9.74. The van der Waals surface area contributed by atoms with Gasteiger partial charge in [-0.3, -0.25) is 9.89 Å². The predicted molar refractivity (Wildman–Crippen MR) is 62.9 cm³/mol. The number of carbonyl (C=O) groups is 1. The molecular formula is C11H16N4O. The van der Waals surface area contributed by atoms with Gasteiger partial charge in [0.1, 0.15) is 0 Å². The summed E-state index contributed by atoms with van der Waals surface area (Å²) in [4.78, 5) is 13.3. The molecule has 1 aromatic heterocycles. The Bertz CT molecular complexity index is 428. The quantitative estimate of drug-likeness (QED) is 0.740. The number of aromatic nitrogens is 2. The average molecular weight is 220 g/mol. The SMILES string of the molecule is C#CCN(C)C(=O)c1n[nH]c(C(C)C)c1N. The second kappa shape index (κ2) is 4.71. The Labute approximate surface area is 95.0 Å². The zero-order valence-corrected chi connectivity index (χ0v) is 9.74. The molecule has 5 heteroatoms. The number of amides is 1. The average Bonchev–Trinajstić information content (AvgIpc) is 2.59. The summed E-state index contributed by atoms with van der Waals surface area (Å²) in [7, 11) is 1.62.